The summed E-state index contributed by atoms with van der Waals surface area (Å²) in [6, 6.07) is 3.76. The number of amides is 1. The fraction of sp³-hybridized carbons (Fsp3) is 0.500. The molecule has 2 aliphatic rings. The molecule has 8 nitrogen and oxygen atoms in total. The van der Waals surface area contributed by atoms with Crippen LogP contribution in [-0.4, -0.2) is 64.5 Å². The van der Waals surface area contributed by atoms with Crippen LogP contribution in [0.1, 0.15) is 19.3 Å². The molecule has 0 radical (unpaired) electrons. The fourth-order valence-corrected chi connectivity index (χ4v) is 4.32. The van der Waals surface area contributed by atoms with Gasteiger partial charge in [-0.1, -0.05) is 11.6 Å². The van der Waals surface area contributed by atoms with E-state index in [0.717, 1.165) is 37.3 Å². The minimum absolute atomic E-state index is 0.0532. The first-order valence-corrected chi connectivity index (χ1v) is 10.1. The number of rotatable bonds is 4. The van der Waals surface area contributed by atoms with E-state index >= 15 is 0 Å². The smallest absolute Gasteiger partial charge is 0.226 e. The van der Waals surface area contributed by atoms with Gasteiger partial charge in [0.05, 0.1) is 41.0 Å². The molecule has 0 N–H and O–H groups in total. The van der Waals surface area contributed by atoms with Gasteiger partial charge in [-0.2, -0.15) is 10.4 Å². The number of hydrogen-bond donors (Lipinski definition) is 0. The second-order valence-corrected chi connectivity index (χ2v) is 7.89. The summed E-state index contributed by atoms with van der Waals surface area (Å²) < 4.78 is 7.10. The molecule has 2 saturated heterocycles. The van der Waals surface area contributed by atoms with Crippen LogP contribution in [0, 0.1) is 17.2 Å². The van der Waals surface area contributed by atoms with Crippen LogP contribution < -0.4 is 4.90 Å². The molecule has 2 aliphatic heterocycles. The van der Waals surface area contributed by atoms with Crippen molar-refractivity contribution < 1.29 is 9.53 Å². The lowest BCUT2D eigenvalue weighted by atomic mass is 9.94. The lowest BCUT2D eigenvalue weighted by Gasteiger charge is -2.35. The van der Waals surface area contributed by atoms with Crippen LogP contribution in [0.2, 0.25) is 5.02 Å². The predicted octanol–water partition coefficient (Wildman–Crippen LogP) is 2.28. The van der Waals surface area contributed by atoms with Gasteiger partial charge in [0.25, 0.3) is 0 Å². The van der Waals surface area contributed by atoms with Crippen LogP contribution in [0.25, 0.3) is 5.69 Å². The highest BCUT2D eigenvalue weighted by atomic mass is 35.5. The molecule has 4 rings (SSSR count). The Bertz CT molecular complexity index is 918. The number of nitriles is 1. The van der Waals surface area contributed by atoms with E-state index < -0.39 is 0 Å². The number of methoxy groups -OCH3 is 1. The van der Waals surface area contributed by atoms with Crippen molar-refractivity contribution in [2.75, 3.05) is 31.6 Å². The molecule has 0 aromatic carbocycles. The summed E-state index contributed by atoms with van der Waals surface area (Å²) in [6.45, 7) is 1.98. The Labute approximate surface area is 174 Å². The van der Waals surface area contributed by atoms with Gasteiger partial charge in [-0.25, -0.2) is 4.68 Å². The van der Waals surface area contributed by atoms with Gasteiger partial charge in [0.15, 0.2) is 0 Å². The average Bonchev–Trinajstić information content (AvgIpc) is 3.39. The molecular formula is C20H23ClN6O2. The second kappa shape index (κ2) is 8.39. The zero-order valence-electron chi connectivity index (χ0n) is 16.2. The Morgan fingerprint density at radius 1 is 1.31 bits per heavy atom. The number of anilines is 1. The highest BCUT2D eigenvalue weighted by Crippen LogP contribution is 2.31. The van der Waals surface area contributed by atoms with E-state index in [1.54, 1.807) is 35.3 Å². The van der Waals surface area contributed by atoms with Gasteiger partial charge in [0.1, 0.15) is 6.04 Å². The van der Waals surface area contributed by atoms with Gasteiger partial charge in [0.2, 0.25) is 5.91 Å². The van der Waals surface area contributed by atoms with E-state index in [-0.39, 0.29) is 24.0 Å². The number of likely N-dealkylation sites (tertiary alicyclic amines) is 1. The number of pyridine rings is 1. The molecule has 2 aromatic rings. The summed E-state index contributed by atoms with van der Waals surface area (Å²) in [7, 11) is 1.63. The third-order valence-corrected chi connectivity index (χ3v) is 5.98. The lowest BCUT2D eigenvalue weighted by molar-refractivity contribution is -0.136. The topological polar surface area (TPSA) is 87.3 Å². The molecule has 0 spiro atoms. The van der Waals surface area contributed by atoms with Crippen LogP contribution in [0.4, 0.5) is 5.69 Å². The highest BCUT2D eigenvalue weighted by Gasteiger charge is 2.39. The van der Waals surface area contributed by atoms with Gasteiger partial charge in [-0.15, -0.1) is 0 Å². The molecule has 0 aliphatic carbocycles. The minimum atomic E-state index is -0.389. The third-order valence-electron chi connectivity index (χ3n) is 5.79. The number of halogens is 1. The highest BCUT2D eigenvalue weighted by molar-refractivity contribution is 6.30. The lowest BCUT2D eigenvalue weighted by Crippen LogP contribution is -2.44. The predicted molar refractivity (Wildman–Crippen MR) is 108 cm³/mol. The molecule has 4 heterocycles. The first-order chi connectivity index (χ1) is 14.1. The summed E-state index contributed by atoms with van der Waals surface area (Å²) in [6.07, 6.45) is 8.92. The molecule has 2 atom stereocenters. The van der Waals surface area contributed by atoms with Crippen molar-refractivity contribution in [3.8, 4) is 11.8 Å². The summed E-state index contributed by atoms with van der Waals surface area (Å²) in [5.41, 5.74) is 1.87. The molecule has 0 bridgehead atoms. The molecule has 0 unspecified atom stereocenters. The zero-order chi connectivity index (χ0) is 20.4. The van der Waals surface area contributed by atoms with Crippen molar-refractivity contribution in [2.45, 2.75) is 31.4 Å². The van der Waals surface area contributed by atoms with Crippen molar-refractivity contribution >= 4 is 23.2 Å². The third kappa shape index (κ3) is 3.93. The second-order valence-electron chi connectivity index (χ2n) is 7.46. The quantitative estimate of drug-likeness (QED) is 0.762. The van der Waals surface area contributed by atoms with Crippen LogP contribution >= 0.6 is 11.6 Å². The summed E-state index contributed by atoms with van der Waals surface area (Å²) >= 11 is 6.02. The molecule has 1 amide bonds. The van der Waals surface area contributed by atoms with E-state index in [1.165, 1.54) is 0 Å². The average molecular weight is 415 g/mol. The Hall–Kier alpha value is -2.63. The van der Waals surface area contributed by atoms with Gasteiger partial charge >= 0.3 is 0 Å². The molecule has 9 heteroatoms. The number of carbonyl (C=O) groups is 1. The SMILES string of the molecule is CO[C@@H]1C[C@H](C#N)N(C(=O)C2CCN(c3cnccc3-n3cc(Cl)cn3)CC2)C1. The van der Waals surface area contributed by atoms with E-state index in [2.05, 4.69) is 21.1 Å². The minimum Gasteiger partial charge on any atom is -0.379 e. The van der Waals surface area contributed by atoms with Crippen LogP contribution in [0.15, 0.2) is 30.9 Å². The standard InChI is InChI=1S/C20H23ClN6O2/c1-29-17-8-16(9-22)26(13-17)20(28)14-3-6-25(7-4-14)19-11-23-5-2-18(19)27-12-15(21)10-24-27/h2,5,10-12,14,16-17H,3-4,6-8,13H2,1H3/t16-,17-/m1/s1. The number of aromatic nitrogens is 3. The van der Waals surface area contributed by atoms with Gasteiger partial charge < -0.3 is 14.5 Å². The van der Waals surface area contributed by atoms with Crippen molar-refractivity contribution in [3.05, 3.63) is 35.9 Å². The van der Waals surface area contributed by atoms with Crippen molar-refractivity contribution in [1.82, 2.24) is 19.7 Å². The fourth-order valence-electron chi connectivity index (χ4n) is 4.18. The first-order valence-electron chi connectivity index (χ1n) is 9.73. The summed E-state index contributed by atoms with van der Waals surface area (Å²) in [5, 5.41) is 14.3. The van der Waals surface area contributed by atoms with Gasteiger partial charge in [-0.05, 0) is 18.9 Å². The number of hydrogen-bond acceptors (Lipinski definition) is 6. The largest absolute Gasteiger partial charge is 0.379 e. The van der Waals surface area contributed by atoms with E-state index in [9.17, 15) is 10.1 Å². The Morgan fingerprint density at radius 2 is 2.10 bits per heavy atom. The molecule has 0 saturated carbocycles. The van der Waals surface area contributed by atoms with E-state index in [1.807, 2.05) is 12.3 Å². The van der Waals surface area contributed by atoms with Gasteiger partial charge in [-0.3, -0.25) is 9.78 Å². The van der Waals surface area contributed by atoms with Crippen LogP contribution in [0.5, 0.6) is 0 Å². The summed E-state index contributed by atoms with van der Waals surface area (Å²) in [4.78, 5) is 21.2. The van der Waals surface area contributed by atoms with E-state index in [0.29, 0.717) is 18.0 Å². The zero-order valence-corrected chi connectivity index (χ0v) is 17.0. The maximum absolute atomic E-state index is 13.0. The number of ether oxygens (including phenoxy) is 1. The van der Waals surface area contributed by atoms with Crippen LogP contribution in [-0.2, 0) is 9.53 Å². The Kier molecular flexibility index (Phi) is 5.69. The Morgan fingerprint density at radius 3 is 2.76 bits per heavy atom. The number of piperidine rings is 1. The molecule has 152 valence electrons. The van der Waals surface area contributed by atoms with Crippen molar-refractivity contribution in [3.63, 3.8) is 0 Å². The summed E-state index contributed by atoms with van der Waals surface area (Å²) in [5.74, 6) is -0.00186. The molecule has 2 fully saturated rings. The van der Waals surface area contributed by atoms with Crippen molar-refractivity contribution in [2.24, 2.45) is 5.92 Å². The normalized spacial score (nSPS) is 22.7. The number of carbonyl (C=O) groups excluding carboxylic acids is 1. The molecular weight excluding hydrogens is 392 g/mol. The molecule has 29 heavy (non-hydrogen) atoms. The first kappa shape index (κ1) is 19.7. The van der Waals surface area contributed by atoms with Crippen LogP contribution in [0.3, 0.4) is 0 Å². The maximum Gasteiger partial charge on any atom is 0.226 e. The molecule has 2 aromatic heterocycles. The Balaban J connectivity index is 1.44. The van der Waals surface area contributed by atoms with E-state index in [4.69, 9.17) is 16.3 Å². The monoisotopic (exact) mass is 414 g/mol. The van der Waals surface area contributed by atoms with Crippen molar-refractivity contribution in [1.29, 1.82) is 5.26 Å². The maximum atomic E-state index is 13.0. The van der Waals surface area contributed by atoms with Gasteiger partial charge in [0, 0.05) is 51.5 Å². The number of nitrogens with zero attached hydrogens (tertiary/aromatic N) is 6.